The van der Waals surface area contributed by atoms with Crippen LogP contribution in [0.25, 0.3) is 0 Å². The van der Waals surface area contributed by atoms with Crippen molar-refractivity contribution in [1.29, 1.82) is 0 Å². The number of nitrogens with two attached hydrogens (primary N) is 1. The van der Waals surface area contributed by atoms with Crippen molar-refractivity contribution < 1.29 is 4.79 Å². The van der Waals surface area contributed by atoms with Crippen molar-refractivity contribution in [2.24, 2.45) is 5.73 Å². The largest absolute Gasteiger partial charge is 0.324 e. The second-order valence-corrected chi connectivity index (χ2v) is 4.64. The molecule has 2 N–H and O–H groups in total. The maximum atomic E-state index is 11.7. The van der Waals surface area contributed by atoms with Crippen molar-refractivity contribution in [3.63, 3.8) is 0 Å². The molecule has 1 aromatic rings. The number of carbonyl (C=O) groups is 1. The standard InChI is InChI=1S/C11H12BrNO/c12-9-3-1-2-8(6-9)11(4-5-11)10(14)7-13/h1-3,6H,4-5,7,13H2. The van der Waals surface area contributed by atoms with Crippen molar-refractivity contribution in [2.75, 3.05) is 6.54 Å². The van der Waals surface area contributed by atoms with E-state index in [1.165, 1.54) is 0 Å². The van der Waals surface area contributed by atoms with E-state index < -0.39 is 0 Å². The monoisotopic (exact) mass is 253 g/mol. The first kappa shape index (κ1) is 9.87. The highest BCUT2D eigenvalue weighted by atomic mass is 79.9. The number of rotatable bonds is 3. The molecule has 2 rings (SSSR count). The van der Waals surface area contributed by atoms with Gasteiger partial charge in [0.05, 0.1) is 12.0 Å². The van der Waals surface area contributed by atoms with Gasteiger partial charge in [-0.05, 0) is 30.5 Å². The van der Waals surface area contributed by atoms with Crippen LogP contribution in [0, 0.1) is 0 Å². The van der Waals surface area contributed by atoms with Gasteiger partial charge in [-0.2, -0.15) is 0 Å². The Hall–Kier alpha value is -0.670. The molecule has 0 bridgehead atoms. The summed E-state index contributed by atoms with van der Waals surface area (Å²) < 4.78 is 1.02. The molecule has 0 atom stereocenters. The highest BCUT2D eigenvalue weighted by Gasteiger charge is 2.49. The molecule has 0 unspecified atom stereocenters. The zero-order valence-corrected chi connectivity index (χ0v) is 9.38. The quantitative estimate of drug-likeness (QED) is 0.896. The third-order valence-electron chi connectivity index (χ3n) is 2.85. The van der Waals surface area contributed by atoms with Gasteiger partial charge in [0.25, 0.3) is 0 Å². The predicted octanol–water partition coefficient (Wildman–Crippen LogP) is 2.01. The summed E-state index contributed by atoms with van der Waals surface area (Å²) in [7, 11) is 0. The van der Waals surface area contributed by atoms with E-state index >= 15 is 0 Å². The number of ketones is 1. The number of hydrogen-bond acceptors (Lipinski definition) is 2. The fourth-order valence-electron chi connectivity index (χ4n) is 1.84. The molecule has 1 fully saturated rings. The lowest BCUT2D eigenvalue weighted by atomic mass is 9.91. The SMILES string of the molecule is NCC(=O)C1(c2cccc(Br)c2)CC1. The van der Waals surface area contributed by atoms with E-state index in [0.717, 1.165) is 22.9 Å². The molecule has 1 aliphatic carbocycles. The first-order valence-electron chi connectivity index (χ1n) is 4.68. The van der Waals surface area contributed by atoms with Crippen LogP contribution in [-0.2, 0) is 10.2 Å². The summed E-state index contributed by atoms with van der Waals surface area (Å²) in [6.45, 7) is 0.145. The average Bonchev–Trinajstić information content (AvgIpc) is 2.97. The van der Waals surface area contributed by atoms with Crippen LogP contribution < -0.4 is 5.73 Å². The molecular formula is C11H12BrNO. The number of benzene rings is 1. The van der Waals surface area contributed by atoms with Crippen LogP contribution in [0.5, 0.6) is 0 Å². The van der Waals surface area contributed by atoms with Crippen molar-refractivity contribution in [3.8, 4) is 0 Å². The average molecular weight is 254 g/mol. The minimum absolute atomic E-state index is 0.145. The smallest absolute Gasteiger partial charge is 0.156 e. The summed E-state index contributed by atoms with van der Waals surface area (Å²) >= 11 is 3.41. The molecule has 0 heterocycles. The Morgan fingerprint density at radius 1 is 1.50 bits per heavy atom. The van der Waals surface area contributed by atoms with E-state index in [1.807, 2.05) is 24.3 Å². The maximum Gasteiger partial charge on any atom is 0.156 e. The second kappa shape index (κ2) is 3.48. The molecule has 0 saturated heterocycles. The van der Waals surface area contributed by atoms with Gasteiger partial charge in [-0.1, -0.05) is 28.1 Å². The first-order chi connectivity index (χ1) is 6.69. The van der Waals surface area contributed by atoms with Crippen LogP contribution in [0.4, 0.5) is 0 Å². The van der Waals surface area contributed by atoms with Crippen LogP contribution in [0.2, 0.25) is 0 Å². The van der Waals surface area contributed by atoms with Gasteiger partial charge in [-0.25, -0.2) is 0 Å². The van der Waals surface area contributed by atoms with E-state index in [2.05, 4.69) is 15.9 Å². The van der Waals surface area contributed by atoms with Crippen LogP contribution in [0.15, 0.2) is 28.7 Å². The minimum Gasteiger partial charge on any atom is -0.324 e. The second-order valence-electron chi connectivity index (χ2n) is 3.72. The Balaban J connectivity index is 2.35. The molecule has 3 heteroatoms. The minimum atomic E-state index is -0.251. The summed E-state index contributed by atoms with van der Waals surface area (Å²) in [4.78, 5) is 11.7. The number of Topliss-reactive ketones (excluding diaryl/α,β-unsaturated/α-hetero) is 1. The van der Waals surface area contributed by atoms with Crippen LogP contribution in [0.1, 0.15) is 18.4 Å². The Labute approximate surface area is 91.6 Å². The predicted molar refractivity (Wildman–Crippen MR) is 59.1 cm³/mol. The Kier molecular flexibility index (Phi) is 2.45. The lowest BCUT2D eigenvalue weighted by Gasteiger charge is -2.13. The van der Waals surface area contributed by atoms with E-state index in [-0.39, 0.29) is 17.7 Å². The highest BCUT2D eigenvalue weighted by Crippen LogP contribution is 2.49. The lowest BCUT2D eigenvalue weighted by molar-refractivity contribution is -0.120. The molecule has 2 nitrogen and oxygen atoms in total. The molecule has 14 heavy (non-hydrogen) atoms. The van der Waals surface area contributed by atoms with Crippen molar-refractivity contribution >= 4 is 21.7 Å². The molecule has 0 spiro atoms. The third kappa shape index (κ3) is 1.51. The zero-order chi connectivity index (χ0) is 10.2. The van der Waals surface area contributed by atoms with Gasteiger partial charge >= 0.3 is 0 Å². The highest BCUT2D eigenvalue weighted by molar-refractivity contribution is 9.10. The van der Waals surface area contributed by atoms with Gasteiger partial charge in [0.1, 0.15) is 0 Å². The molecule has 0 aromatic heterocycles. The molecule has 74 valence electrons. The van der Waals surface area contributed by atoms with Crippen LogP contribution in [0.3, 0.4) is 0 Å². The summed E-state index contributed by atoms with van der Waals surface area (Å²) in [5.41, 5.74) is 6.26. The summed E-state index contributed by atoms with van der Waals surface area (Å²) in [6, 6.07) is 7.95. The number of hydrogen-bond donors (Lipinski definition) is 1. The number of halogens is 1. The van der Waals surface area contributed by atoms with Gasteiger partial charge in [-0.15, -0.1) is 0 Å². The molecule has 0 amide bonds. The molecular weight excluding hydrogens is 242 g/mol. The van der Waals surface area contributed by atoms with E-state index in [1.54, 1.807) is 0 Å². The van der Waals surface area contributed by atoms with Gasteiger partial charge in [0.15, 0.2) is 5.78 Å². The fourth-order valence-corrected chi connectivity index (χ4v) is 2.23. The molecule has 1 saturated carbocycles. The van der Waals surface area contributed by atoms with Gasteiger partial charge in [0, 0.05) is 4.47 Å². The van der Waals surface area contributed by atoms with E-state index in [0.29, 0.717) is 0 Å². The summed E-state index contributed by atoms with van der Waals surface area (Å²) in [5, 5.41) is 0. The molecule has 1 aliphatic rings. The fraction of sp³-hybridized carbons (Fsp3) is 0.364. The third-order valence-corrected chi connectivity index (χ3v) is 3.34. The summed E-state index contributed by atoms with van der Waals surface area (Å²) in [6.07, 6.45) is 1.89. The van der Waals surface area contributed by atoms with Crippen LogP contribution >= 0.6 is 15.9 Å². The number of carbonyl (C=O) groups excluding carboxylic acids is 1. The van der Waals surface area contributed by atoms with Crippen molar-refractivity contribution in [2.45, 2.75) is 18.3 Å². The normalized spacial score (nSPS) is 17.9. The topological polar surface area (TPSA) is 43.1 Å². The molecule has 0 aliphatic heterocycles. The van der Waals surface area contributed by atoms with E-state index in [4.69, 9.17) is 5.73 Å². The molecule has 0 radical (unpaired) electrons. The molecule has 1 aromatic carbocycles. The Bertz CT molecular complexity index is 371. The van der Waals surface area contributed by atoms with Gasteiger partial charge in [-0.3, -0.25) is 4.79 Å². The summed E-state index contributed by atoms with van der Waals surface area (Å²) in [5.74, 6) is 0.163. The van der Waals surface area contributed by atoms with Crippen LogP contribution in [-0.4, -0.2) is 12.3 Å². The van der Waals surface area contributed by atoms with Crippen molar-refractivity contribution in [3.05, 3.63) is 34.3 Å². The lowest BCUT2D eigenvalue weighted by Crippen LogP contribution is -2.27. The van der Waals surface area contributed by atoms with Gasteiger partial charge < -0.3 is 5.73 Å². The van der Waals surface area contributed by atoms with Crippen molar-refractivity contribution in [1.82, 2.24) is 0 Å². The zero-order valence-electron chi connectivity index (χ0n) is 7.79. The Morgan fingerprint density at radius 2 is 2.21 bits per heavy atom. The van der Waals surface area contributed by atoms with E-state index in [9.17, 15) is 4.79 Å². The Morgan fingerprint density at radius 3 is 2.71 bits per heavy atom. The maximum absolute atomic E-state index is 11.7. The first-order valence-corrected chi connectivity index (χ1v) is 5.48. The van der Waals surface area contributed by atoms with Gasteiger partial charge in [0.2, 0.25) is 0 Å².